The van der Waals surface area contributed by atoms with E-state index in [1.165, 1.54) is 13.3 Å². The summed E-state index contributed by atoms with van der Waals surface area (Å²) in [4.78, 5) is 27.1. The molecule has 1 aromatic carbocycles. The second kappa shape index (κ2) is 5.50. The van der Waals surface area contributed by atoms with Gasteiger partial charge in [-0.1, -0.05) is 0 Å². The Bertz CT molecular complexity index is 585. The molecule has 0 bridgehead atoms. The molecule has 0 fully saturated rings. The number of rotatable bonds is 3. The highest BCUT2D eigenvalue weighted by atomic mass is 16.5. The summed E-state index contributed by atoms with van der Waals surface area (Å²) in [6, 6.07) is 5.13. The smallest absolute Gasteiger partial charge is 0.319 e. The molecule has 0 aromatic heterocycles. The van der Waals surface area contributed by atoms with E-state index in [1.54, 1.807) is 25.1 Å². The zero-order chi connectivity index (χ0) is 13.8. The predicted molar refractivity (Wildman–Crippen MR) is 70.4 cm³/mol. The number of ether oxygens (including phenoxy) is 2. The quantitative estimate of drug-likeness (QED) is 0.613. The SMILES string of the molecule is CCOC(=O)C1C=Nc2ccc(OC)cc2C1=C=O. The number of methoxy groups -OCH3 is 1. The first-order valence-corrected chi connectivity index (χ1v) is 5.85. The number of benzene rings is 1. The van der Waals surface area contributed by atoms with Crippen molar-refractivity contribution in [1.82, 2.24) is 0 Å². The van der Waals surface area contributed by atoms with Gasteiger partial charge in [0.1, 0.15) is 17.6 Å². The molecule has 0 saturated heterocycles. The van der Waals surface area contributed by atoms with Crippen molar-refractivity contribution in [1.29, 1.82) is 0 Å². The van der Waals surface area contributed by atoms with Gasteiger partial charge in [-0.3, -0.25) is 9.79 Å². The Kier molecular flexibility index (Phi) is 3.78. The Balaban J connectivity index is 2.46. The number of carbonyl (C=O) groups is 1. The van der Waals surface area contributed by atoms with E-state index >= 15 is 0 Å². The minimum atomic E-state index is -0.808. The Morgan fingerprint density at radius 3 is 2.89 bits per heavy atom. The average molecular weight is 259 g/mol. The van der Waals surface area contributed by atoms with Crippen LogP contribution in [0, 0.1) is 5.92 Å². The number of aliphatic imine (C=N–C) groups is 1. The molecule has 0 saturated carbocycles. The van der Waals surface area contributed by atoms with E-state index in [0.717, 1.165) is 0 Å². The van der Waals surface area contributed by atoms with Crippen molar-refractivity contribution in [3.8, 4) is 5.75 Å². The lowest BCUT2D eigenvalue weighted by Gasteiger charge is -2.18. The maximum atomic E-state index is 11.8. The fourth-order valence-electron chi connectivity index (χ4n) is 1.90. The Morgan fingerprint density at radius 2 is 2.26 bits per heavy atom. The summed E-state index contributed by atoms with van der Waals surface area (Å²) < 4.78 is 10.0. The van der Waals surface area contributed by atoms with Gasteiger partial charge < -0.3 is 9.47 Å². The Labute approximate surface area is 110 Å². The molecule has 0 radical (unpaired) electrons. The maximum absolute atomic E-state index is 11.8. The first kappa shape index (κ1) is 13.1. The molecule has 2 rings (SSSR count). The summed E-state index contributed by atoms with van der Waals surface area (Å²) >= 11 is 0. The van der Waals surface area contributed by atoms with Crippen LogP contribution in [0.15, 0.2) is 23.2 Å². The van der Waals surface area contributed by atoms with Crippen LogP contribution in [0.4, 0.5) is 5.69 Å². The normalized spacial score (nSPS) is 16.5. The molecule has 0 N–H and O–H groups in total. The topological polar surface area (TPSA) is 65.0 Å². The van der Waals surface area contributed by atoms with E-state index in [0.29, 0.717) is 17.0 Å². The third-order valence-electron chi connectivity index (χ3n) is 2.82. The summed E-state index contributed by atoms with van der Waals surface area (Å²) in [5.41, 5.74) is 1.39. The molecule has 0 aliphatic carbocycles. The average Bonchev–Trinajstić information content (AvgIpc) is 2.45. The molecular weight excluding hydrogens is 246 g/mol. The molecule has 1 heterocycles. The summed E-state index contributed by atoms with van der Waals surface area (Å²) in [7, 11) is 1.53. The van der Waals surface area contributed by atoms with Gasteiger partial charge in [0.05, 0.1) is 25.0 Å². The van der Waals surface area contributed by atoms with Gasteiger partial charge in [0.15, 0.2) is 0 Å². The molecule has 0 spiro atoms. The van der Waals surface area contributed by atoms with Crippen LogP contribution in [0.5, 0.6) is 5.75 Å². The molecule has 5 nitrogen and oxygen atoms in total. The van der Waals surface area contributed by atoms with Gasteiger partial charge in [-0.25, -0.2) is 4.79 Å². The van der Waals surface area contributed by atoms with E-state index < -0.39 is 11.9 Å². The first-order chi connectivity index (χ1) is 9.21. The fraction of sp³-hybridized carbons (Fsp3) is 0.286. The van der Waals surface area contributed by atoms with Gasteiger partial charge >= 0.3 is 5.97 Å². The lowest BCUT2D eigenvalue weighted by Crippen LogP contribution is -2.22. The number of esters is 1. The van der Waals surface area contributed by atoms with Crippen LogP contribution in [0.1, 0.15) is 12.5 Å². The van der Waals surface area contributed by atoms with Gasteiger partial charge in [0.25, 0.3) is 0 Å². The third kappa shape index (κ3) is 2.41. The first-order valence-electron chi connectivity index (χ1n) is 5.85. The predicted octanol–water partition coefficient (Wildman–Crippen LogP) is 1.81. The van der Waals surface area contributed by atoms with E-state index in [9.17, 15) is 9.59 Å². The van der Waals surface area contributed by atoms with E-state index in [-0.39, 0.29) is 12.2 Å². The number of nitrogens with zero attached hydrogens (tertiary/aromatic N) is 1. The number of fused-ring (bicyclic) bond motifs is 1. The van der Waals surface area contributed by atoms with Crippen LogP contribution < -0.4 is 4.74 Å². The molecule has 1 aliphatic rings. The minimum Gasteiger partial charge on any atom is -0.497 e. The summed E-state index contributed by atoms with van der Waals surface area (Å²) in [5, 5.41) is 0. The van der Waals surface area contributed by atoms with Gasteiger partial charge in [0, 0.05) is 11.8 Å². The van der Waals surface area contributed by atoms with Gasteiger partial charge in [-0.15, -0.1) is 0 Å². The maximum Gasteiger partial charge on any atom is 0.319 e. The standard InChI is InChI=1S/C14H13NO4/c1-3-19-14(17)11-7-15-13-5-4-9(18-2)6-10(13)12(11)8-16/h4-7,11H,3H2,1-2H3. The Morgan fingerprint density at radius 1 is 1.47 bits per heavy atom. The van der Waals surface area contributed by atoms with E-state index in [2.05, 4.69) is 4.99 Å². The molecule has 1 aliphatic heterocycles. The highest BCUT2D eigenvalue weighted by Crippen LogP contribution is 2.36. The summed E-state index contributed by atoms with van der Waals surface area (Å²) in [6.07, 6.45) is 1.41. The van der Waals surface area contributed by atoms with Gasteiger partial charge in [0.2, 0.25) is 0 Å². The van der Waals surface area contributed by atoms with E-state index in [1.807, 2.05) is 5.94 Å². The van der Waals surface area contributed by atoms with Gasteiger partial charge in [-0.05, 0) is 25.1 Å². The van der Waals surface area contributed by atoms with Crippen molar-refractivity contribution in [3.05, 3.63) is 23.8 Å². The largest absolute Gasteiger partial charge is 0.497 e. The van der Waals surface area contributed by atoms with Crippen LogP contribution in [-0.2, 0) is 14.3 Å². The second-order valence-corrected chi connectivity index (χ2v) is 3.91. The van der Waals surface area contributed by atoms with Crippen molar-refractivity contribution in [2.24, 2.45) is 10.9 Å². The van der Waals surface area contributed by atoms with Crippen LogP contribution >= 0.6 is 0 Å². The molecule has 5 heteroatoms. The van der Waals surface area contributed by atoms with Crippen molar-refractivity contribution in [2.75, 3.05) is 13.7 Å². The summed E-state index contributed by atoms with van der Waals surface area (Å²) in [5.74, 6) is 1.10. The second-order valence-electron chi connectivity index (χ2n) is 3.91. The van der Waals surface area contributed by atoms with Crippen LogP contribution in [0.3, 0.4) is 0 Å². The lowest BCUT2D eigenvalue weighted by molar-refractivity contribution is -0.143. The zero-order valence-corrected chi connectivity index (χ0v) is 10.7. The van der Waals surface area contributed by atoms with Crippen molar-refractivity contribution >= 4 is 29.4 Å². The van der Waals surface area contributed by atoms with Crippen molar-refractivity contribution < 1.29 is 19.1 Å². The zero-order valence-electron chi connectivity index (χ0n) is 10.7. The fourth-order valence-corrected chi connectivity index (χ4v) is 1.90. The lowest BCUT2D eigenvalue weighted by atomic mass is 9.91. The molecule has 19 heavy (non-hydrogen) atoms. The molecule has 1 aromatic rings. The molecule has 1 unspecified atom stereocenters. The van der Waals surface area contributed by atoms with E-state index in [4.69, 9.17) is 9.47 Å². The Hall–Kier alpha value is -2.39. The highest BCUT2D eigenvalue weighted by Gasteiger charge is 2.29. The summed E-state index contributed by atoms with van der Waals surface area (Å²) in [6.45, 7) is 1.96. The minimum absolute atomic E-state index is 0.224. The van der Waals surface area contributed by atoms with Crippen LogP contribution in [0.2, 0.25) is 0 Å². The van der Waals surface area contributed by atoms with Gasteiger partial charge in [-0.2, -0.15) is 0 Å². The number of hydrogen-bond acceptors (Lipinski definition) is 5. The molecule has 0 amide bonds. The number of carbonyl (C=O) groups excluding carboxylic acids is 2. The van der Waals surface area contributed by atoms with Crippen molar-refractivity contribution in [3.63, 3.8) is 0 Å². The third-order valence-corrected chi connectivity index (χ3v) is 2.82. The number of hydrogen-bond donors (Lipinski definition) is 0. The monoisotopic (exact) mass is 259 g/mol. The van der Waals surface area contributed by atoms with Crippen molar-refractivity contribution in [2.45, 2.75) is 6.92 Å². The highest BCUT2D eigenvalue weighted by molar-refractivity contribution is 6.13. The molecular formula is C14H13NO4. The van der Waals surface area contributed by atoms with Crippen LogP contribution in [0.25, 0.3) is 5.57 Å². The molecule has 1 atom stereocenters. The molecule has 98 valence electrons. The van der Waals surface area contributed by atoms with Crippen LogP contribution in [-0.4, -0.2) is 31.8 Å².